The van der Waals surface area contributed by atoms with Crippen LogP contribution in [0.15, 0.2) is 29.3 Å². The quantitative estimate of drug-likeness (QED) is 0.615. The number of halogens is 3. The maximum absolute atomic E-state index is 11.9. The minimum atomic E-state index is -4.65. The molecule has 0 aromatic carbocycles. The van der Waals surface area contributed by atoms with Crippen molar-refractivity contribution in [3.05, 3.63) is 34.2 Å². The van der Waals surface area contributed by atoms with E-state index >= 15 is 0 Å². The highest BCUT2D eigenvalue weighted by atomic mass is 32.1. The van der Waals surface area contributed by atoms with Gasteiger partial charge in [-0.3, -0.25) is 4.79 Å². The largest absolute Gasteiger partial charge is 0.430 e. The lowest BCUT2D eigenvalue weighted by Gasteiger charge is -2.04. The van der Waals surface area contributed by atoms with E-state index in [-0.39, 0.29) is 4.88 Å². The van der Waals surface area contributed by atoms with E-state index in [2.05, 4.69) is 5.73 Å². The van der Waals surface area contributed by atoms with E-state index in [1.807, 2.05) is 0 Å². The molecule has 0 aliphatic carbocycles. The molecule has 0 aliphatic heterocycles. The number of ketones is 1. The van der Waals surface area contributed by atoms with Crippen molar-refractivity contribution in [2.24, 2.45) is 5.73 Å². The van der Waals surface area contributed by atoms with Crippen LogP contribution in [0.25, 0.3) is 0 Å². The molecule has 0 saturated carbocycles. The van der Waals surface area contributed by atoms with Crippen molar-refractivity contribution in [1.29, 1.82) is 0 Å². The minimum Gasteiger partial charge on any atom is -0.395 e. The Balaban J connectivity index is 2.84. The van der Waals surface area contributed by atoms with Gasteiger partial charge >= 0.3 is 6.18 Å². The lowest BCUT2D eigenvalue weighted by Crippen LogP contribution is -2.20. The SMILES string of the molecule is N/C(=C\C(=O)c1cccs1)C(F)(F)F. The van der Waals surface area contributed by atoms with Gasteiger partial charge in [0.05, 0.1) is 4.88 Å². The molecule has 0 amide bonds. The first-order chi connectivity index (χ1) is 6.41. The summed E-state index contributed by atoms with van der Waals surface area (Å²) >= 11 is 1.07. The van der Waals surface area contributed by atoms with E-state index in [9.17, 15) is 18.0 Å². The fraction of sp³-hybridized carbons (Fsp3) is 0.125. The van der Waals surface area contributed by atoms with E-state index in [4.69, 9.17) is 0 Å². The topological polar surface area (TPSA) is 43.1 Å². The van der Waals surface area contributed by atoms with E-state index in [0.717, 1.165) is 11.3 Å². The summed E-state index contributed by atoms with van der Waals surface area (Å²) in [6.07, 6.45) is -4.25. The van der Waals surface area contributed by atoms with Crippen molar-refractivity contribution in [3.63, 3.8) is 0 Å². The van der Waals surface area contributed by atoms with Crippen molar-refractivity contribution >= 4 is 17.1 Å². The number of rotatable bonds is 2. The molecule has 6 heteroatoms. The van der Waals surface area contributed by atoms with Gasteiger partial charge in [-0.05, 0) is 11.4 Å². The molecule has 2 nitrogen and oxygen atoms in total. The van der Waals surface area contributed by atoms with E-state index in [1.165, 1.54) is 6.07 Å². The Morgan fingerprint density at radius 1 is 1.50 bits per heavy atom. The smallest absolute Gasteiger partial charge is 0.395 e. The molecule has 0 bridgehead atoms. The van der Waals surface area contributed by atoms with Gasteiger partial charge in [0.15, 0.2) is 5.78 Å². The molecule has 0 unspecified atom stereocenters. The zero-order chi connectivity index (χ0) is 10.8. The molecule has 0 radical (unpaired) electrons. The maximum atomic E-state index is 11.9. The normalized spacial score (nSPS) is 12.9. The molecule has 1 heterocycles. The van der Waals surface area contributed by atoms with Crippen molar-refractivity contribution in [1.82, 2.24) is 0 Å². The molecule has 76 valence electrons. The summed E-state index contributed by atoms with van der Waals surface area (Å²) in [7, 11) is 0. The average Bonchev–Trinajstić information content (AvgIpc) is 2.53. The maximum Gasteiger partial charge on any atom is 0.430 e. The van der Waals surface area contributed by atoms with Crippen molar-refractivity contribution in [2.75, 3.05) is 0 Å². The summed E-state index contributed by atoms with van der Waals surface area (Å²) in [6, 6.07) is 3.02. The molecule has 1 rings (SSSR count). The second kappa shape index (κ2) is 3.83. The summed E-state index contributed by atoms with van der Waals surface area (Å²) in [5.74, 6) is -0.727. The summed E-state index contributed by atoms with van der Waals surface area (Å²) in [5.41, 5.74) is 3.30. The van der Waals surface area contributed by atoms with Crippen molar-refractivity contribution in [3.8, 4) is 0 Å². The van der Waals surface area contributed by atoms with Gasteiger partial charge in [-0.2, -0.15) is 13.2 Å². The van der Waals surface area contributed by atoms with E-state index in [0.29, 0.717) is 6.08 Å². The monoisotopic (exact) mass is 221 g/mol. The van der Waals surface area contributed by atoms with Gasteiger partial charge in [0.2, 0.25) is 0 Å². The third-order valence-corrected chi connectivity index (χ3v) is 2.26. The van der Waals surface area contributed by atoms with Crippen molar-refractivity contribution in [2.45, 2.75) is 6.18 Å². The number of nitrogens with two attached hydrogens (primary N) is 1. The summed E-state index contributed by atoms with van der Waals surface area (Å²) in [4.78, 5) is 11.4. The summed E-state index contributed by atoms with van der Waals surface area (Å²) in [5, 5.41) is 1.60. The Hall–Kier alpha value is -1.30. The average molecular weight is 221 g/mol. The predicted molar refractivity (Wildman–Crippen MR) is 47.0 cm³/mol. The first-order valence-electron chi connectivity index (χ1n) is 3.53. The lowest BCUT2D eigenvalue weighted by atomic mass is 10.2. The zero-order valence-electron chi connectivity index (χ0n) is 6.84. The van der Waals surface area contributed by atoms with Crippen LogP contribution in [0.1, 0.15) is 9.67 Å². The Kier molecular flexibility index (Phi) is 2.95. The summed E-state index contributed by atoms with van der Waals surface area (Å²) in [6.45, 7) is 0. The van der Waals surface area contributed by atoms with Crippen LogP contribution in [0, 0.1) is 0 Å². The van der Waals surface area contributed by atoms with Crippen LogP contribution < -0.4 is 5.73 Å². The van der Waals surface area contributed by atoms with Crippen molar-refractivity contribution < 1.29 is 18.0 Å². The van der Waals surface area contributed by atoms with Crippen LogP contribution in [0.3, 0.4) is 0 Å². The van der Waals surface area contributed by atoms with E-state index < -0.39 is 17.7 Å². The number of alkyl halides is 3. The molecule has 1 aromatic heterocycles. The molecule has 0 fully saturated rings. The molecule has 0 spiro atoms. The first-order valence-corrected chi connectivity index (χ1v) is 4.41. The van der Waals surface area contributed by atoms with Gasteiger partial charge < -0.3 is 5.73 Å². The van der Waals surface area contributed by atoms with Crippen LogP contribution in [0.4, 0.5) is 13.2 Å². The molecular formula is C8H6F3NOS. The molecule has 0 saturated heterocycles. The van der Waals surface area contributed by atoms with Crippen LogP contribution in [0.5, 0.6) is 0 Å². The Bertz CT molecular complexity index is 353. The molecule has 14 heavy (non-hydrogen) atoms. The second-order valence-electron chi connectivity index (χ2n) is 2.44. The van der Waals surface area contributed by atoms with Gasteiger partial charge in [-0.1, -0.05) is 6.07 Å². The van der Waals surface area contributed by atoms with Crippen LogP contribution in [-0.2, 0) is 0 Å². The highest BCUT2D eigenvalue weighted by Crippen LogP contribution is 2.22. The van der Waals surface area contributed by atoms with E-state index in [1.54, 1.807) is 11.4 Å². The predicted octanol–water partition coefficient (Wildman–Crippen LogP) is 2.34. The number of hydrogen-bond donors (Lipinski definition) is 1. The third-order valence-electron chi connectivity index (χ3n) is 1.38. The van der Waals surface area contributed by atoms with Gasteiger partial charge in [-0.25, -0.2) is 0 Å². The highest BCUT2D eigenvalue weighted by molar-refractivity contribution is 7.12. The highest BCUT2D eigenvalue weighted by Gasteiger charge is 2.32. The Morgan fingerprint density at radius 2 is 2.14 bits per heavy atom. The molecular weight excluding hydrogens is 215 g/mol. The fourth-order valence-electron chi connectivity index (χ4n) is 0.713. The van der Waals surface area contributed by atoms with Gasteiger partial charge in [0.25, 0.3) is 0 Å². The van der Waals surface area contributed by atoms with Gasteiger partial charge in [-0.15, -0.1) is 11.3 Å². The number of hydrogen-bond acceptors (Lipinski definition) is 3. The fourth-order valence-corrected chi connectivity index (χ4v) is 1.35. The lowest BCUT2D eigenvalue weighted by molar-refractivity contribution is -0.0927. The summed E-state index contributed by atoms with van der Waals surface area (Å²) < 4.78 is 35.7. The molecule has 0 atom stereocenters. The zero-order valence-corrected chi connectivity index (χ0v) is 7.65. The molecule has 1 aromatic rings. The second-order valence-corrected chi connectivity index (χ2v) is 3.39. The number of carbonyl (C=O) groups is 1. The number of carbonyl (C=O) groups excluding carboxylic acids is 1. The Morgan fingerprint density at radius 3 is 2.57 bits per heavy atom. The first kappa shape index (κ1) is 10.8. The third kappa shape index (κ3) is 2.59. The van der Waals surface area contributed by atoms with Crippen LogP contribution in [-0.4, -0.2) is 12.0 Å². The minimum absolute atomic E-state index is 0.234. The van der Waals surface area contributed by atoms with Gasteiger partial charge in [0.1, 0.15) is 5.70 Å². The molecule has 2 N–H and O–H groups in total. The number of thiophene rings is 1. The van der Waals surface area contributed by atoms with Crippen LogP contribution >= 0.6 is 11.3 Å². The molecule has 0 aliphatic rings. The van der Waals surface area contributed by atoms with Gasteiger partial charge in [0, 0.05) is 6.08 Å². The van der Waals surface area contributed by atoms with Crippen LogP contribution in [0.2, 0.25) is 0 Å². The Labute approximate surface area is 81.8 Å². The number of allylic oxidation sites excluding steroid dienone is 2. The standard InChI is InChI=1S/C8H6F3NOS/c9-8(10,11)7(12)4-5(13)6-2-1-3-14-6/h1-4H,12H2/b7-4-.